The predicted molar refractivity (Wildman–Crippen MR) is 87.0 cm³/mol. The van der Waals surface area contributed by atoms with Crippen LogP contribution >= 0.6 is 11.6 Å². The van der Waals surface area contributed by atoms with Crippen LogP contribution in [-0.2, 0) is 13.0 Å². The summed E-state index contributed by atoms with van der Waals surface area (Å²) >= 11 is 6.00. The first kappa shape index (κ1) is 14.9. The molecule has 0 unspecified atom stereocenters. The summed E-state index contributed by atoms with van der Waals surface area (Å²) < 4.78 is 0. The number of hydrogen-bond donors (Lipinski definition) is 1. The van der Waals surface area contributed by atoms with Crippen molar-refractivity contribution in [3.8, 4) is 0 Å². The summed E-state index contributed by atoms with van der Waals surface area (Å²) in [5.74, 6) is 0. The van der Waals surface area contributed by atoms with E-state index in [1.807, 2.05) is 30.3 Å². The van der Waals surface area contributed by atoms with Crippen molar-refractivity contribution in [2.24, 2.45) is 0 Å². The summed E-state index contributed by atoms with van der Waals surface area (Å²) in [6.07, 6.45) is 2.19. The normalized spacial score (nSPS) is 10.9. The minimum atomic E-state index is 0.802. The smallest absolute Gasteiger partial charge is 0.0409 e. The van der Waals surface area contributed by atoms with Crippen LogP contribution in [0.2, 0.25) is 5.02 Å². The second kappa shape index (κ2) is 7.32. The predicted octanol–water partition coefficient (Wildman–Crippen LogP) is 3.99. The Morgan fingerprint density at radius 2 is 1.80 bits per heavy atom. The van der Waals surface area contributed by atoms with E-state index in [4.69, 9.17) is 17.3 Å². The summed E-state index contributed by atoms with van der Waals surface area (Å²) in [5, 5.41) is 0.802. The van der Waals surface area contributed by atoms with Gasteiger partial charge in [0.1, 0.15) is 0 Å². The van der Waals surface area contributed by atoms with Crippen LogP contribution in [0.25, 0.3) is 0 Å². The highest BCUT2D eigenvalue weighted by atomic mass is 35.5. The van der Waals surface area contributed by atoms with Gasteiger partial charge in [0, 0.05) is 17.3 Å². The number of rotatable bonds is 6. The van der Waals surface area contributed by atoms with E-state index in [0.717, 1.165) is 36.6 Å². The van der Waals surface area contributed by atoms with Gasteiger partial charge < -0.3 is 10.6 Å². The molecule has 0 radical (unpaired) electrons. The molecule has 0 heterocycles. The van der Waals surface area contributed by atoms with Gasteiger partial charge in [0.15, 0.2) is 0 Å². The molecule has 0 amide bonds. The highest BCUT2D eigenvalue weighted by Crippen LogP contribution is 2.13. The van der Waals surface area contributed by atoms with Gasteiger partial charge in [-0.3, -0.25) is 0 Å². The number of nitrogens with zero attached hydrogens (tertiary/aromatic N) is 1. The van der Waals surface area contributed by atoms with Crippen LogP contribution in [0.15, 0.2) is 48.5 Å². The molecule has 2 rings (SSSR count). The van der Waals surface area contributed by atoms with Crippen molar-refractivity contribution >= 4 is 17.3 Å². The topological polar surface area (TPSA) is 29.3 Å². The van der Waals surface area contributed by atoms with Crippen molar-refractivity contribution in [1.82, 2.24) is 4.90 Å². The molecule has 0 saturated heterocycles. The summed E-state index contributed by atoms with van der Waals surface area (Å²) in [5.41, 5.74) is 9.19. The Kier molecular flexibility index (Phi) is 5.45. The Bertz CT molecular complexity index is 554. The molecule has 2 aromatic rings. The van der Waals surface area contributed by atoms with Gasteiger partial charge in [-0.05, 0) is 61.8 Å². The molecule has 0 spiro atoms. The molecule has 0 aromatic heterocycles. The van der Waals surface area contributed by atoms with E-state index >= 15 is 0 Å². The standard InChI is InChI=1S/C17H21ClN2/c1-20(13-15-6-2-8-16(18)11-15)10-4-7-14-5-3-9-17(19)12-14/h2-3,5-6,8-9,11-12H,4,7,10,13,19H2,1H3. The molecule has 0 atom stereocenters. The maximum Gasteiger partial charge on any atom is 0.0409 e. The number of hydrogen-bond acceptors (Lipinski definition) is 2. The lowest BCUT2D eigenvalue weighted by atomic mass is 10.1. The van der Waals surface area contributed by atoms with Crippen molar-refractivity contribution in [1.29, 1.82) is 0 Å². The summed E-state index contributed by atoms with van der Waals surface area (Å²) in [4.78, 5) is 2.32. The number of anilines is 1. The van der Waals surface area contributed by atoms with E-state index in [1.165, 1.54) is 11.1 Å². The van der Waals surface area contributed by atoms with Gasteiger partial charge in [0.2, 0.25) is 0 Å². The lowest BCUT2D eigenvalue weighted by Crippen LogP contribution is -2.19. The molecule has 0 aliphatic carbocycles. The van der Waals surface area contributed by atoms with Crippen LogP contribution in [0.1, 0.15) is 17.5 Å². The molecule has 2 aromatic carbocycles. The summed E-state index contributed by atoms with van der Waals surface area (Å²) in [7, 11) is 2.14. The quantitative estimate of drug-likeness (QED) is 0.815. The van der Waals surface area contributed by atoms with Crippen molar-refractivity contribution in [3.63, 3.8) is 0 Å². The SMILES string of the molecule is CN(CCCc1cccc(N)c1)Cc1cccc(Cl)c1. The van der Waals surface area contributed by atoms with Crippen molar-refractivity contribution < 1.29 is 0 Å². The highest BCUT2D eigenvalue weighted by Gasteiger charge is 2.02. The maximum absolute atomic E-state index is 6.00. The summed E-state index contributed by atoms with van der Waals surface area (Å²) in [6, 6.07) is 16.2. The lowest BCUT2D eigenvalue weighted by molar-refractivity contribution is 0.322. The number of benzene rings is 2. The first-order valence-electron chi connectivity index (χ1n) is 6.91. The highest BCUT2D eigenvalue weighted by molar-refractivity contribution is 6.30. The van der Waals surface area contributed by atoms with Crippen molar-refractivity contribution in [2.45, 2.75) is 19.4 Å². The molecule has 0 aliphatic rings. The fourth-order valence-electron chi connectivity index (χ4n) is 2.33. The van der Waals surface area contributed by atoms with E-state index in [-0.39, 0.29) is 0 Å². The van der Waals surface area contributed by atoms with Gasteiger partial charge in [-0.1, -0.05) is 35.9 Å². The van der Waals surface area contributed by atoms with Crippen molar-refractivity contribution in [3.05, 3.63) is 64.7 Å². The van der Waals surface area contributed by atoms with E-state index in [0.29, 0.717) is 0 Å². The maximum atomic E-state index is 6.00. The molecule has 0 aliphatic heterocycles. The average molecular weight is 289 g/mol. The Balaban J connectivity index is 1.76. The van der Waals surface area contributed by atoms with Gasteiger partial charge in [0.25, 0.3) is 0 Å². The molecule has 0 saturated carbocycles. The zero-order valence-corrected chi connectivity index (χ0v) is 12.6. The third-order valence-electron chi connectivity index (χ3n) is 3.30. The number of halogens is 1. The second-order valence-corrected chi connectivity index (χ2v) is 5.65. The van der Waals surface area contributed by atoms with E-state index in [1.54, 1.807) is 0 Å². The molecule has 2 nitrogen and oxygen atoms in total. The lowest BCUT2D eigenvalue weighted by Gasteiger charge is -2.16. The third kappa shape index (κ3) is 4.87. The van der Waals surface area contributed by atoms with Gasteiger partial charge in [-0.25, -0.2) is 0 Å². The summed E-state index contributed by atoms with van der Waals surface area (Å²) in [6.45, 7) is 1.98. The Labute approximate surface area is 126 Å². The molecular formula is C17H21ClN2. The van der Waals surface area contributed by atoms with Crippen LogP contribution in [0.4, 0.5) is 5.69 Å². The minimum Gasteiger partial charge on any atom is -0.399 e. The monoisotopic (exact) mass is 288 g/mol. The van der Waals surface area contributed by atoms with Crippen LogP contribution < -0.4 is 5.73 Å². The number of nitrogens with two attached hydrogens (primary N) is 1. The molecule has 2 N–H and O–H groups in total. The van der Waals surface area contributed by atoms with Gasteiger partial charge in [-0.15, -0.1) is 0 Å². The van der Waals surface area contributed by atoms with E-state index in [9.17, 15) is 0 Å². The average Bonchev–Trinajstić information content (AvgIpc) is 2.38. The molecule has 0 bridgehead atoms. The Morgan fingerprint density at radius 3 is 2.55 bits per heavy atom. The third-order valence-corrected chi connectivity index (χ3v) is 3.53. The molecule has 3 heteroatoms. The zero-order valence-electron chi connectivity index (χ0n) is 11.8. The Hall–Kier alpha value is -1.51. The second-order valence-electron chi connectivity index (χ2n) is 5.22. The van der Waals surface area contributed by atoms with E-state index in [2.05, 4.69) is 30.1 Å². The fraction of sp³-hybridized carbons (Fsp3) is 0.294. The largest absolute Gasteiger partial charge is 0.399 e. The van der Waals surface area contributed by atoms with Crippen LogP contribution in [-0.4, -0.2) is 18.5 Å². The molecular weight excluding hydrogens is 268 g/mol. The van der Waals surface area contributed by atoms with Crippen LogP contribution in [0.5, 0.6) is 0 Å². The van der Waals surface area contributed by atoms with E-state index < -0.39 is 0 Å². The first-order chi connectivity index (χ1) is 9.63. The van der Waals surface area contributed by atoms with Gasteiger partial charge in [0.05, 0.1) is 0 Å². The zero-order chi connectivity index (χ0) is 14.4. The fourth-order valence-corrected chi connectivity index (χ4v) is 2.54. The first-order valence-corrected chi connectivity index (χ1v) is 7.29. The van der Waals surface area contributed by atoms with Crippen LogP contribution in [0, 0.1) is 0 Å². The van der Waals surface area contributed by atoms with Gasteiger partial charge in [-0.2, -0.15) is 0 Å². The number of nitrogen functional groups attached to an aromatic ring is 1. The van der Waals surface area contributed by atoms with Gasteiger partial charge >= 0.3 is 0 Å². The molecule has 0 fully saturated rings. The molecule has 106 valence electrons. The molecule has 20 heavy (non-hydrogen) atoms. The van der Waals surface area contributed by atoms with Crippen molar-refractivity contribution in [2.75, 3.05) is 19.3 Å². The Morgan fingerprint density at radius 1 is 1.05 bits per heavy atom. The number of aryl methyl sites for hydroxylation is 1. The minimum absolute atomic E-state index is 0.802. The van der Waals surface area contributed by atoms with Crippen LogP contribution in [0.3, 0.4) is 0 Å².